The molecule has 3 nitrogen and oxygen atoms in total. The van der Waals surface area contributed by atoms with E-state index in [1.807, 2.05) is 12.1 Å². The predicted octanol–water partition coefficient (Wildman–Crippen LogP) is 3.47. The first-order valence-corrected chi connectivity index (χ1v) is 6.42. The fourth-order valence-corrected chi connectivity index (χ4v) is 2.30. The summed E-state index contributed by atoms with van der Waals surface area (Å²) < 4.78 is 10.7. The van der Waals surface area contributed by atoms with E-state index in [0.717, 1.165) is 24.6 Å². The van der Waals surface area contributed by atoms with E-state index in [9.17, 15) is 0 Å². The van der Waals surface area contributed by atoms with E-state index in [1.165, 1.54) is 11.1 Å². The molecule has 1 heterocycles. The molecule has 2 aromatic carbocycles. The number of benzene rings is 2. The van der Waals surface area contributed by atoms with Crippen LogP contribution in [-0.2, 0) is 13.1 Å². The van der Waals surface area contributed by atoms with Crippen molar-refractivity contribution in [3.63, 3.8) is 0 Å². The third-order valence-electron chi connectivity index (χ3n) is 3.18. The third-order valence-corrected chi connectivity index (χ3v) is 3.18. The molecule has 4 heteroatoms. The highest BCUT2D eigenvalue weighted by atomic mass is 35.5. The highest BCUT2D eigenvalue weighted by Gasteiger charge is 2.13. The molecule has 1 aliphatic heterocycles. The standard InChI is InChI=1S/C16H17NO2.ClH/c1-17(10-13-5-3-2-4-6-13)11-14-7-8-15-16(9-14)19-12-18-15;/h2-9H,10-12H2,1H3;1H. The molecule has 0 atom stereocenters. The largest absolute Gasteiger partial charge is 0.454 e. The summed E-state index contributed by atoms with van der Waals surface area (Å²) in [5.41, 5.74) is 2.56. The summed E-state index contributed by atoms with van der Waals surface area (Å²) in [4.78, 5) is 2.28. The smallest absolute Gasteiger partial charge is 0.231 e. The van der Waals surface area contributed by atoms with Crippen molar-refractivity contribution in [2.45, 2.75) is 13.1 Å². The van der Waals surface area contributed by atoms with Crippen molar-refractivity contribution < 1.29 is 9.47 Å². The average Bonchev–Trinajstić information content (AvgIpc) is 2.87. The van der Waals surface area contributed by atoms with Gasteiger partial charge in [-0.3, -0.25) is 4.90 Å². The highest BCUT2D eigenvalue weighted by molar-refractivity contribution is 5.85. The molecule has 0 N–H and O–H groups in total. The molecule has 2 aromatic rings. The molecular formula is C16H18ClNO2. The molecule has 0 radical (unpaired) electrons. The van der Waals surface area contributed by atoms with Crippen LogP contribution in [0.2, 0.25) is 0 Å². The van der Waals surface area contributed by atoms with Gasteiger partial charge in [-0.25, -0.2) is 0 Å². The van der Waals surface area contributed by atoms with Gasteiger partial charge >= 0.3 is 0 Å². The van der Waals surface area contributed by atoms with Gasteiger partial charge in [-0.1, -0.05) is 36.4 Å². The molecule has 0 bridgehead atoms. The van der Waals surface area contributed by atoms with Crippen LogP contribution in [0, 0.1) is 0 Å². The summed E-state index contributed by atoms with van der Waals surface area (Å²) in [6.07, 6.45) is 0. The van der Waals surface area contributed by atoms with Gasteiger partial charge in [0, 0.05) is 13.1 Å². The topological polar surface area (TPSA) is 21.7 Å². The van der Waals surface area contributed by atoms with Gasteiger partial charge < -0.3 is 9.47 Å². The van der Waals surface area contributed by atoms with Crippen LogP contribution < -0.4 is 9.47 Å². The number of halogens is 1. The minimum atomic E-state index is 0. The van der Waals surface area contributed by atoms with Crippen molar-refractivity contribution >= 4 is 12.4 Å². The molecule has 1 aliphatic rings. The first-order valence-electron chi connectivity index (χ1n) is 6.42. The maximum atomic E-state index is 5.40. The van der Waals surface area contributed by atoms with E-state index in [-0.39, 0.29) is 12.4 Å². The van der Waals surface area contributed by atoms with Crippen LogP contribution in [0.3, 0.4) is 0 Å². The molecule has 0 aromatic heterocycles. The Morgan fingerprint density at radius 1 is 0.900 bits per heavy atom. The van der Waals surface area contributed by atoms with Crippen molar-refractivity contribution in [3.8, 4) is 11.5 Å². The summed E-state index contributed by atoms with van der Waals surface area (Å²) in [6.45, 7) is 2.17. The van der Waals surface area contributed by atoms with E-state index in [0.29, 0.717) is 6.79 Å². The third kappa shape index (κ3) is 3.44. The maximum absolute atomic E-state index is 5.40. The second kappa shape index (κ2) is 6.64. The van der Waals surface area contributed by atoms with Crippen LogP contribution in [0.4, 0.5) is 0 Å². The molecule has 0 spiro atoms. The number of rotatable bonds is 4. The fourth-order valence-electron chi connectivity index (χ4n) is 2.30. The summed E-state index contributed by atoms with van der Waals surface area (Å²) in [6, 6.07) is 16.6. The minimum absolute atomic E-state index is 0. The zero-order valence-corrected chi connectivity index (χ0v) is 12.2. The van der Waals surface area contributed by atoms with Crippen LogP contribution in [0.15, 0.2) is 48.5 Å². The van der Waals surface area contributed by atoms with E-state index in [1.54, 1.807) is 0 Å². The second-order valence-electron chi connectivity index (χ2n) is 4.85. The SMILES string of the molecule is CN(Cc1ccccc1)Cc1ccc2c(c1)OCO2.Cl. The van der Waals surface area contributed by atoms with Crippen LogP contribution in [-0.4, -0.2) is 18.7 Å². The molecular weight excluding hydrogens is 274 g/mol. The van der Waals surface area contributed by atoms with Crippen LogP contribution >= 0.6 is 12.4 Å². The van der Waals surface area contributed by atoms with Gasteiger partial charge in [-0.05, 0) is 30.3 Å². The normalized spacial score (nSPS) is 12.3. The first kappa shape index (κ1) is 14.7. The lowest BCUT2D eigenvalue weighted by Crippen LogP contribution is -2.17. The number of nitrogens with zero attached hydrogens (tertiary/aromatic N) is 1. The molecule has 0 fully saturated rings. The Bertz CT molecular complexity index is 560. The zero-order chi connectivity index (χ0) is 13.1. The van der Waals surface area contributed by atoms with E-state index in [4.69, 9.17) is 9.47 Å². The summed E-state index contributed by atoms with van der Waals surface area (Å²) >= 11 is 0. The van der Waals surface area contributed by atoms with Gasteiger partial charge in [0.2, 0.25) is 6.79 Å². The van der Waals surface area contributed by atoms with Crippen molar-refractivity contribution in [1.29, 1.82) is 0 Å². The average molecular weight is 292 g/mol. The van der Waals surface area contributed by atoms with Crippen LogP contribution in [0.25, 0.3) is 0 Å². The molecule has 3 rings (SSSR count). The van der Waals surface area contributed by atoms with E-state index >= 15 is 0 Å². The Labute approximate surface area is 125 Å². The quantitative estimate of drug-likeness (QED) is 0.861. The lowest BCUT2D eigenvalue weighted by atomic mass is 10.1. The number of hydrogen-bond acceptors (Lipinski definition) is 3. The van der Waals surface area contributed by atoms with Gasteiger partial charge in [0.1, 0.15) is 0 Å². The summed E-state index contributed by atoms with van der Waals surface area (Å²) in [7, 11) is 2.12. The van der Waals surface area contributed by atoms with Crippen LogP contribution in [0.5, 0.6) is 11.5 Å². The molecule has 0 saturated carbocycles. The Balaban J connectivity index is 0.00000147. The van der Waals surface area contributed by atoms with Gasteiger partial charge in [0.25, 0.3) is 0 Å². The molecule has 0 amide bonds. The lowest BCUT2D eigenvalue weighted by Gasteiger charge is -2.17. The van der Waals surface area contributed by atoms with Crippen molar-refractivity contribution in [1.82, 2.24) is 4.90 Å². The Hall–Kier alpha value is -1.71. The Kier molecular flexibility index (Phi) is 4.88. The predicted molar refractivity (Wildman–Crippen MR) is 81.4 cm³/mol. The number of ether oxygens (including phenoxy) is 2. The van der Waals surface area contributed by atoms with Crippen molar-refractivity contribution in [3.05, 3.63) is 59.7 Å². The molecule has 0 saturated heterocycles. The Morgan fingerprint density at radius 2 is 1.60 bits per heavy atom. The zero-order valence-electron chi connectivity index (χ0n) is 11.4. The van der Waals surface area contributed by atoms with E-state index in [2.05, 4.69) is 48.3 Å². The van der Waals surface area contributed by atoms with Crippen molar-refractivity contribution in [2.75, 3.05) is 13.8 Å². The molecule has 0 aliphatic carbocycles. The van der Waals surface area contributed by atoms with Gasteiger partial charge in [-0.15, -0.1) is 12.4 Å². The molecule has 106 valence electrons. The van der Waals surface area contributed by atoms with Gasteiger partial charge in [-0.2, -0.15) is 0 Å². The lowest BCUT2D eigenvalue weighted by molar-refractivity contribution is 0.174. The monoisotopic (exact) mass is 291 g/mol. The highest BCUT2D eigenvalue weighted by Crippen LogP contribution is 2.32. The summed E-state index contributed by atoms with van der Waals surface area (Å²) in [5, 5.41) is 0. The molecule has 0 unspecified atom stereocenters. The van der Waals surface area contributed by atoms with Crippen molar-refractivity contribution in [2.24, 2.45) is 0 Å². The van der Waals surface area contributed by atoms with Gasteiger partial charge in [0.05, 0.1) is 0 Å². The summed E-state index contributed by atoms with van der Waals surface area (Å²) in [5.74, 6) is 1.69. The Morgan fingerprint density at radius 3 is 2.40 bits per heavy atom. The number of fused-ring (bicyclic) bond motifs is 1. The number of hydrogen-bond donors (Lipinski definition) is 0. The first-order chi connectivity index (χ1) is 9.31. The van der Waals surface area contributed by atoms with Crippen LogP contribution in [0.1, 0.15) is 11.1 Å². The maximum Gasteiger partial charge on any atom is 0.231 e. The molecule has 20 heavy (non-hydrogen) atoms. The fraction of sp³-hybridized carbons (Fsp3) is 0.250. The van der Waals surface area contributed by atoms with Gasteiger partial charge in [0.15, 0.2) is 11.5 Å². The minimum Gasteiger partial charge on any atom is -0.454 e. The van der Waals surface area contributed by atoms with E-state index < -0.39 is 0 Å². The second-order valence-corrected chi connectivity index (χ2v) is 4.85.